The minimum Gasteiger partial charge on any atom is -0.484 e. The average Bonchev–Trinajstić information content (AvgIpc) is 2.83. The van der Waals surface area contributed by atoms with Gasteiger partial charge < -0.3 is 14.0 Å². The normalized spacial score (nSPS) is 11.5. The van der Waals surface area contributed by atoms with E-state index >= 15 is 0 Å². The molecule has 0 fully saturated rings. The number of halogens is 7. The Bertz CT molecular complexity index is 973. The lowest BCUT2D eigenvalue weighted by atomic mass is 10.1. The van der Waals surface area contributed by atoms with Crippen molar-refractivity contribution in [2.75, 3.05) is 13.2 Å². The molecule has 0 aliphatic carbocycles. The summed E-state index contributed by atoms with van der Waals surface area (Å²) in [6.07, 6.45) is -4.85. The van der Waals surface area contributed by atoms with Crippen LogP contribution in [0.5, 0.6) is 5.75 Å². The summed E-state index contributed by atoms with van der Waals surface area (Å²) in [7, 11) is 1.02. The number of hydrogen-bond acceptors (Lipinski definition) is 4. The van der Waals surface area contributed by atoms with Crippen molar-refractivity contribution in [1.29, 1.82) is 0 Å². The second kappa shape index (κ2) is 8.81. The highest BCUT2D eigenvalue weighted by atomic mass is 35.5. The quantitative estimate of drug-likeness (QED) is 0.322. The van der Waals surface area contributed by atoms with Gasteiger partial charge in [0.25, 0.3) is 5.78 Å². The molecule has 0 aliphatic heterocycles. The minimum atomic E-state index is -4.85. The summed E-state index contributed by atoms with van der Waals surface area (Å²) < 4.78 is 64.3. The Balaban J connectivity index is 2.48. The summed E-state index contributed by atoms with van der Waals surface area (Å²) in [6, 6.07) is 1.69. The lowest BCUT2D eigenvalue weighted by molar-refractivity contribution is -0.154. The Morgan fingerprint density at radius 3 is 2.31 bits per heavy atom. The molecule has 0 bridgehead atoms. The van der Waals surface area contributed by atoms with Crippen LogP contribution in [-0.4, -0.2) is 29.5 Å². The van der Waals surface area contributed by atoms with Crippen LogP contribution in [0.4, 0.5) is 17.6 Å². The second-order valence-electron chi connectivity index (χ2n) is 5.58. The monoisotopic (exact) mass is 475 g/mol. The molecule has 0 saturated carbocycles. The van der Waals surface area contributed by atoms with E-state index in [0.717, 1.165) is 19.2 Å². The van der Waals surface area contributed by atoms with Gasteiger partial charge >= 0.3 is 12.1 Å². The highest BCUT2D eigenvalue weighted by Crippen LogP contribution is 2.47. The summed E-state index contributed by atoms with van der Waals surface area (Å²) in [5, 5.41) is -1.58. The Kier molecular flexibility index (Phi) is 7.08. The molecule has 1 aromatic heterocycles. The van der Waals surface area contributed by atoms with Crippen molar-refractivity contribution in [3.63, 3.8) is 0 Å². The third kappa shape index (κ3) is 4.79. The van der Waals surface area contributed by atoms with Gasteiger partial charge in [-0.3, -0.25) is 4.79 Å². The van der Waals surface area contributed by atoms with Gasteiger partial charge in [0, 0.05) is 18.2 Å². The molecule has 0 spiro atoms. The number of benzene rings is 1. The lowest BCUT2D eigenvalue weighted by Crippen LogP contribution is -2.23. The molecule has 12 heteroatoms. The molecule has 0 radical (unpaired) electrons. The SMILES string of the molecule is CCOC(=O)C(=O)COc1cc(-c2c(Cl)c(C(F)(F)F)n(C)c2Cl)c(F)cc1Cl. The number of alkyl halides is 3. The first kappa shape index (κ1) is 23.3. The number of esters is 1. The van der Waals surface area contributed by atoms with Gasteiger partial charge in [0.15, 0.2) is 6.61 Å². The van der Waals surface area contributed by atoms with Crippen LogP contribution in [0, 0.1) is 5.82 Å². The van der Waals surface area contributed by atoms with E-state index in [4.69, 9.17) is 39.5 Å². The van der Waals surface area contributed by atoms with Crippen LogP contribution in [0.25, 0.3) is 11.1 Å². The van der Waals surface area contributed by atoms with Crippen molar-refractivity contribution in [2.24, 2.45) is 7.05 Å². The third-order valence-corrected chi connectivity index (χ3v) is 4.79. The molecular weight excluding hydrogens is 465 g/mol. The van der Waals surface area contributed by atoms with Crippen LogP contribution < -0.4 is 4.74 Å². The van der Waals surface area contributed by atoms with Crippen LogP contribution in [-0.2, 0) is 27.5 Å². The van der Waals surface area contributed by atoms with Crippen molar-refractivity contribution in [2.45, 2.75) is 13.1 Å². The topological polar surface area (TPSA) is 57.5 Å². The number of Topliss-reactive ketones (excluding diaryl/α,β-unsaturated/α-hetero) is 1. The molecule has 2 aromatic rings. The number of aromatic nitrogens is 1. The zero-order chi connectivity index (χ0) is 22.1. The average molecular weight is 477 g/mol. The molecule has 5 nitrogen and oxygen atoms in total. The molecule has 2 rings (SSSR count). The van der Waals surface area contributed by atoms with Crippen LogP contribution in [0.3, 0.4) is 0 Å². The fourth-order valence-corrected chi connectivity index (χ4v) is 3.37. The molecule has 0 atom stereocenters. The number of ether oxygens (including phenoxy) is 2. The first-order valence-corrected chi connectivity index (χ1v) is 8.96. The standard InChI is InChI=1S/C17H12Cl3F4NO4/c1-3-28-16(27)10(26)6-29-11-4-7(9(21)5-8(11)18)12-13(19)14(17(22,23)24)25(2)15(12)20/h4-5H,3,6H2,1-2H3. The summed E-state index contributed by atoms with van der Waals surface area (Å²) >= 11 is 17.6. The smallest absolute Gasteiger partial charge is 0.432 e. The minimum absolute atomic E-state index is 0.0292. The van der Waals surface area contributed by atoms with E-state index in [2.05, 4.69) is 4.74 Å². The van der Waals surface area contributed by atoms with Gasteiger partial charge in [-0.05, 0) is 19.1 Å². The predicted octanol–water partition coefficient (Wildman–Crippen LogP) is 5.32. The van der Waals surface area contributed by atoms with Crippen LogP contribution in [0.1, 0.15) is 12.6 Å². The second-order valence-corrected chi connectivity index (χ2v) is 6.72. The Morgan fingerprint density at radius 1 is 1.17 bits per heavy atom. The van der Waals surface area contributed by atoms with E-state index in [1.54, 1.807) is 0 Å². The summed E-state index contributed by atoms with van der Waals surface area (Å²) in [5.74, 6) is -3.48. The van der Waals surface area contributed by atoms with Crippen molar-refractivity contribution in [1.82, 2.24) is 4.57 Å². The van der Waals surface area contributed by atoms with Crippen molar-refractivity contribution >= 4 is 46.6 Å². The molecule has 1 heterocycles. The maximum Gasteiger partial charge on any atom is 0.432 e. The van der Waals surface area contributed by atoms with Gasteiger partial charge in [-0.25, -0.2) is 9.18 Å². The van der Waals surface area contributed by atoms with E-state index in [-0.39, 0.29) is 17.4 Å². The third-order valence-electron chi connectivity index (χ3n) is 3.68. The number of carbonyl (C=O) groups is 2. The number of rotatable bonds is 6. The molecule has 0 unspecified atom stereocenters. The van der Waals surface area contributed by atoms with Gasteiger partial charge in [-0.1, -0.05) is 34.8 Å². The van der Waals surface area contributed by atoms with Crippen LogP contribution in [0.15, 0.2) is 12.1 Å². The molecule has 0 saturated heterocycles. The number of ketones is 1. The maximum absolute atomic E-state index is 14.5. The molecule has 0 amide bonds. The molecular formula is C17H12Cl3F4NO4. The number of hydrogen-bond donors (Lipinski definition) is 0. The van der Waals surface area contributed by atoms with Gasteiger partial charge in [0.1, 0.15) is 22.4 Å². The fraction of sp³-hybridized carbons (Fsp3) is 0.294. The van der Waals surface area contributed by atoms with Crippen LogP contribution in [0.2, 0.25) is 15.2 Å². The first-order chi connectivity index (χ1) is 13.4. The van der Waals surface area contributed by atoms with Crippen LogP contribution >= 0.6 is 34.8 Å². The Labute approximate surface area is 177 Å². The predicted molar refractivity (Wildman–Crippen MR) is 98.0 cm³/mol. The lowest BCUT2D eigenvalue weighted by Gasteiger charge is -2.11. The molecule has 29 heavy (non-hydrogen) atoms. The summed E-state index contributed by atoms with van der Waals surface area (Å²) in [6.45, 7) is 0.684. The maximum atomic E-state index is 14.5. The summed E-state index contributed by atoms with van der Waals surface area (Å²) in [4.78, 5) is 22.9. The number of nitrogens with zero attached hydrogens (tertiary/aromatic N) is 1. The van der Waals surface area contributed by atoms with Gasteiger partial charge in [0.05, 0.1) is 16.7 Å². The zero-order valence-corrected chi connectivity index (χ0v) is 17.1. The van der Waals surface area contributed by atoms with E-state index in [1.807, 2.05) is 0 Å². The van der Waals surface area contributed by atoms with Crippen molar-refractivity contribution in [3.8, 4) is 16.9 Å². The largest absolute Gasteiger partial charge is 0.484 e. The Hall–Kier alpha value is -1.97. The molecule has 1 aromatic carbocycles. The molecule has 158 valence electrons. The van der Waals surface area contributed by atoms with E-state index in [1.165, 1.54) is 6.92 Å². The molecule has 0 N–H and O–H groups in total. The van der Waals surface area contributed by atoms with Gasteiger partial charge in [0.2, 0.25) is 0 Å². The van der Waals surface area contributed by atoms with Gasteiger partial charge in [-0.2, -0.15) is 13.2 Å². The fourth-order valence-electron chi connectivity index (χ4n) is 2.41. The number of carbonyl (C=O) groups excluding carboxylic acids is 2. The highest BCUT2D eigenvalue weighted by molar-refractivity contribution is 6.40. The van der Waals surface area contributed by atoms with E-state index in [0.29, 0.717) is 4.57 Å². The van der Waals surface area contributed by atoms with E-state index in [9.17, 15) is 27.2 Å². The summed E-state index contributed by atoms with van der Waals surface area (Å²) in [5.41, 5.74) is -2.14. The van der Waals surface area contributed by atoms with Crippen molar-refractivity contribution in [3.05, 3.63) is 38.8 Å². The zero-order valence-electron chi connectivity index (χ0n) is 14.8. The van der Waals surface area contributed by atoms with Crippen molar-refractivity contribution < 1.29 is 36.6 Å². The first-order valence-electron chi connectivity index (χ1n) is 7.83. The van der Waals surface area contributed by atoms with Gasteiger partial charge in [-0.15, -0.1) is 0 Å². The highest BCUT2D eigenvalue weighted by Gasteiger charge is 2.40. The Morgan fingerprint density at radius 2 is 1.79 bits per heavy atom. The van der Waals surface area contributed by atoms with E-state index < -0.39 is 57.3 Å². The molecule has 0 aliphatic rings.